The molecule has 0 spiro atoms. The number of furan rings is 1. The highest BCUT2D eigenvalue weighted by atomic mass is 16.5. The first-order valence-corrected chi connectivity index (χ1v) is 10.5. The van der Waals surface area contributed by atoms with Crippen LogP contribution in [0.4, 0.5) is 0 Å². The molecule has 2 amide bonds. The molecule has 0 radical (unpaired) electrons. The van der Waals surface area contributed by atoms with Crippen molar-refractivity contribution in [2.75, 3.05) is 7.11 Å². The molecule has 7 heteroatoms. The van der Waals surface area contributed by atoms with Gasteiger partial charge in [0.05, 0.1) is 30.7 Å². The Bertz CT molecular complexity index is 1140. The van der Waals surface area contributed by atoms with Gasteiger partial charge in [-0.25, -0.2) is 4.79 Å². The van der Waals surface area contributed by atoms with E-state index in [2.05, 4.69) is 17.3 Å². The van der Waals surface area contributed by atoms with Crippen LogP contribution in [0.2, 0.25) is 0 Å². The highest BCUT2D eigenvalue weighted by Crippen LogP contribution is 2.65. The number of allylic oxidation sites excluding steroid dienone is 2. The number of hydrogen-bond donors (Lipinski definition) is 0. The highest BCUT2D eigenvalue weighted by Gasteiger charge is 2.67. The van der Waals surface area contributed by atoms with Crippen molar-refractivity contribution in [3.63, 3.8) is 0 Å². The van der Waals surface area contributed by atoms with Gasteiger partial charge in [-0.15, -0.1) is 0 Å². The van der Waals surface area contributed by atoms with E-state index in [9.17, 15) is 14.4 Å². The van der Waals surface area contributed by atoms with Gasteiger partial charge in [0.15, 0.2) is 0 Å². The van der Waals surface area contributed by atoms with Crippen LogP contribution in [0.25, 0.3) is 11.3 Å². The number of hydrazone groups is 1. The molecule has 1 aliphatic heterocycles. The molecule has 4 aliphatic carbocycles. The third-order valence-electron chi connectivity index (χ3n) is 7.13. The maximum absolute atomic E-state index is 13.0. The topological polar surface area (TPSA) is 89.2 Å². The third-order valence-corrected chi connectivity index (χ3v) is 7.13. The van der Waals surface area contributed by atoms with Gasteiger partial charge in [-0.3, -0.25) is 9.59 Å². The fourth-order valence-electron chi connectivity index (χ4n) is 5.66. The number of carbonyl (C=O) groups is 3. The van der Waals surface area contributed by atoms with Gasteiger partial charge in [-0.1, -0.05) is 24.3 Å². The second-order valence-corrected chi connectivity index (χ2v) is 8.66. The normalized spacial score (nSPS) is 32.5. The summed E-state index contributed by atoms with van der Waals surface area (Å²) in [5.74, 6) is 1.07. The molecule has 31 heavy (non-hydrogen) atoms. The van der Waals surface area contributed by atoms with Gasteiger partial charge < -0.3 is 9.15 Å². The van der Waals surface area contributed by atoms with E-state index >= 15 is 0 Å². The summed E-state index contributed by atoms with van der Waals surface area (Å²) in [4.78, 5) is 37.7. The van der Waals surface area contributed by atoms with E-state index < -0.39 is 5.97 Å². The molecule has 1 aromatic carbocycles. The molecule has 3 fully saturated rings. The van der Waals surface area contributed by atoms with Gasteiger partial charge in [0.2, 0.25) is 0 Å². The Labute approximate surface area is 178 Å². The summed E-state index contributed by atoms with van der Waals surface area (Å²) in [5, 5.41) is 5.23. The van der Waals surface area contributed by atoms with Crippen molar-refractivity contribution in [3.8, 4) is 11.3 Å². The largest absolute Gasteiger partial charge is 0.465 e. The summed E-state index contributed by atoms with van der Waals surface area (Å²) in [7, 11) is 1.33. The highest BCUT2D eigenvalue weighted by molar-refractivity contribution is 6.06. The van der Waals surface area contributed by atoms with Gasteiger partial charge in [0, 0.05) is 5.56 Å². The smallest absolute Gasteiger partial charge is 0.337 e. The third kappa shape index (κ3) is 2.65. The monoisotopic (exact) mass is 416 g/mol. The molecule has 1 saturated heterocycles. The average molecular weight is 416 g/mol. The quantitative estimate of drug-likeness (QED) is 0.331. The molecule has 5 aliphatic rings. The van der Waals surface area contributed by atoms with Crippen molar-refractivity contribution >= 4 is 24.0 Å². The Morgan fingerprint density at radius 2 is 1.81 bits per heavy atom. The van der Waals surface area contributed by atoms with Crippen LogP contribution in [0.1, 0.15) is 22.5 Å². The first-order chi connectivity index (χ1) is 15.1. The van der Waals surface area contributed by atoms with Crippen LogP contribution < -0.4 is 0 Å². The Kier molecular flexibility index (Phi) is 3.84. The second kappa shape index (κ2) is 6.51. The van der Waals surface area contributed by atoms with Crippen LogP contribution in [-0.4, -0.2) is 36.1 Å². The zero-order valence-corrected chi connectivity index (χ0v) is 16.8. The fraction of sp³-hybridized carbons (Fsp3) is 0.333. The minimum absolute atomic E-state index is 0.175. The van der Waals surface area contributed by atoms with Crippen molar-refractivity contribution in [1.29, 1.82) is 0 Å². The fourth-order valence-corrected chi connectivity index (χ4v) is 5.66. The molecule has 0 unspecified atom stereocenters. The summed E-state index contributed by atoms with van der Waals surface area (Å²) in [6.07, 6.45) is 6.81. The Balaban J connectivity index is 1.22. The van der Waals surface area contributed by atoms with E-state index in [1.54, 1.807) is 30.3 Å². The van der Waals surface area contributed by atoms with E-state index in [-0.39, 0.29) is 35.5 Å². The lowest BCUT2D eigenvalue weighted by molar-refractivity contribution is -0.140. The van der Waals surface area contributed by atoms with Crippen LogP contribution >= 0.6 is 0 Å². The van der Waals surface area contributed by atoms with E-state index in [4.69, 9.17) is 9.15 Å². The van der Waals surface area contributed by atoms with Crippen molar-refractivity contribution in [2.24, 2.45) is 40.6 Å². The van der Waals surface area contributed by atoms with Gasteiger partial charge in [0.1, 0.15) is 11.5 Å². The predicted octanol–water partition coefficient (Wildman–Crippen LogP) is 3.12. The molecule has 0 N–H and O–H groups in total. The molecule has 2 aromatic rings. The molecule has 2 bridgehead atoms. The SMILES string of the molecule is COC(=O)c1cccc(-c2ccc(/C=N\N3C(=O)[C@H]4[C@@H]5C=C[C@H]([C@H]6C[C@H]56)[C@@H]4C3=O)o2)c1. The molecule has 156 valence electrons. The number of nitrogens with zero attached hydrogens (tertiary/aromatic N) is 2. The molecule has 1 aromatic heterocycles. The molecule has 7 nitrogen and oxygen atoms in total. The van der Waals surface area contributed by atoms with Gasteiger partial charge >= 0.3 is 5.97 Å². The standard InChI is InChI=1S/C24H20N2O5/c1-30-24(29)13-4-2-3-12(9-13)19-8-5-14(31-19)11-25-26-22(27)20-15-6-7-16(18-10-17(15)18)21(20)23(26)28/h2-9,11,15-18,20-21H,10H2,1H3/b25-11-/t15-,16-,17-,18-,20+,21+/m1/s1. The number of benzene rings is 1. The van der Waals surface area contributed by atoms with E-state index in [0.29, 0.717) is 34.5 Å². The number of ether oxygens (including phenoxy) is 1. The van der Waals surface area contributed by atoms with Crippen LogP contribution in [0, 0.1) is 35.5 Å². The zero-order valence-electron chi connectivity index (χ0n) is 16.8. The van der Waals surface area contributed by atoms with Crippen molar-refractivity contribution in [2.45, 2.75) is 6.42 Å². The van der Waals surface area contributed by atoms with E-state index in [1.165, 1.54) is 13.3 Å². The lowest BCUT2D eigenvalue weighted by atomic mass is 9.63. The number of amides is 2. The first kappa shape index (κ1) is 18.3. The first-order valence-electron chi connectivity index (χ1n) is 10.5. The Morgan fingerprint density at radius 3 is 2.48 bits per heavy atom. The molecular weight excluding hydrogens is 396 g/mol. The van der Waals surface area contributed by atoms with Crippen LogP contribution in [0.5, 0.6) is 0 Å². The number of methoxy groups -OCH3 is 1. The summed E-state index contributed by atoms with van der Waals surface area (Å²) in [5.41, 5.74) is 1.13. The summed E-state index contributed by atoms with van der Waals surface area (Å²) >= 11 is 0. The average Bonchev–Trinajstić information content (AvgIpc) is 3.44. The predicted molar refractivity (Wildman–Crippen MR) is 110 cm³/mol. The summed E-state index contributed by atoms with van der Waals surface area (Å²) < 4.78 is 10.6. The van der Waals surface area contributed by atoms with Crippen molar-refractivity contribution in [3.05, 3.63) is 59.9 Å². The maximum Gasteiger partial charge on any atom is 0.337 e. The molecule has 2 saturated carbocycles. The number of rotatable bonds is 4. The second-order valence-electron chi connectivity index (χ2n) is 8.66. The lowest BCUT2D eigenvalue weighted by Gasteiger charge is -2.37. The van der Waals surface area contributed by atoms with Crippen molar-refractivity contribution < 1.29 is 23.5 Å². The Hall–Kier alpha value is -3.48. The van der Waals surface area contributed by atoms with Crippen LogP contribution in [0.15, 0.2) is 58.1 Å². The van der Waals surface area contributed by atoms with Crippen LogP contribution in [0.3, 0.4) is 0 Å². The number of hydrogen-bond acceptors (Lipinski definition) is 6. The van der Waals surface area contributed by atoms with Gasteiger partial charge in [-0.05, 0) is 54.4 Å². The number of esters is 1. The van der Waals surface area contributed by atoms with Crippen LogP contribution in [-0.2, 0) is 14.3 Å². The summed E-state index contributed by atoms with van der Waals surface area (Å²) in [6.45, 7) is 0. The van der Waals surface area contributed by atoms with E-state index in [1.807, 2.05) is 6.07 Å². The minimum atomic E-state index is -0.427. The van der Waals surface area contributed by atoms with Gasteiger partial charge in [-0.2, -0.15) is 10.1 Å². The Morgan fingerprint density at radius 1 is 1.10 bits per heavy atom. The number of imide groups is 1. The molecule has 2 heterocycles. The molecule has 7 rings (SSSR count). The van der Waals surface area contributed by atoms with Crippen molar-refractivity contribution in [1.82, 2.24) is 5.01 Å². The van der Waals surface area contributed by atoms with Gasteiger partial charge in [0.25, 0.3) is 11.8 Å². The zero-order chi connectivity index (χ0) is 21.3. The molecular formula is C24H20N2O5. The molecule has 6 atom stereocenters. The summed E-state index contributed by atoms with van der Waals surface area (Å²) in [6, 6.07) is 10.4. The van der Waals surface area contributed by atoms with E-state index in [0.717, 1.165) is 11.4 Å². The lowest BCUT2D eigenvalue weighted by Crippen LogP contribution is -2.40. The minimum Gasteiger partial charge on any atom is -0.465 e. The number of carbonyl (C=O) groups excluding carboxylic acids is 3. The maximum atomic E-state index is 13.0.